The van der Waals surface area contributed by atoms with Crippen LogP contribution in [-0.4, -0.2) is 41.9 Å². The fourth-order valence-corrected chi connectivity index (χ4v) is 2.22. The van der Waals surface area contributed by atoms with Crippen molar-refractivity contribution >= 4 is 0 Å². The van der Waals surface area contributed by atoms with Crippen molar-refractivity contribution in [3.8, 4) is 6.07 Å². The highest BCUT2D eigenvalue weighted by atomic mass is 19.1. The van der Waals surface area contributed by atoms with E-state index >= 15 is 0 Å². The number of aliphatic hydroxyl groups is 1. The van der Waals surface area contributed by atoms with Gasteiger partial charge in [-0.05, 0) is 24.6 Å². The summed E-state index contributed by atoms with van der Waals surface area (Å²) in [6.45, 7) is 3.74. The van der Waals surface area contributed by atoms with Gasteiger partial charge < -0.3 is 9.84 Å². The lowest BCUT2D eigenvalue weighted by molar-refractivity contribution is -0.0805. The predicted molar refractivity (Wildman–Crippen MR) is 67.8 cm³/mol. The summed E-state index contributed by atoms with van der Waals surface area (Å²) in [7, 11) is 0. The third-order valence-electron chi connectivity index (χ3n) is 3.40. The van der Waals surface area contributed by atoms with E-state index in [1.165, 1.54) is 12.1 Å². The number of ether oxygens (including phenoxy) is 1. The van der Waals surface area contributed by atoms with E-state index in [0.717, 1.165) is 5.56 Å². The van der Waals surface area contributed by atoms with Crippen molar-refractivity contribution in [2.24, 2.45) is 0 Å². The summed E-state index contributed by atoms with van der Waals surface area (Å²) >= 11 is 0. The first-order chi connectivity index (χ1) is 9.13. The van der Waals surface area contributed by atoms with Gasteiger partial charge in [0.05, 0.1) is 31.0 Å². The molecule has 0 spiro atoms. The Balaban J connectivity index is 2.13. The molecule has 19 heavy (non-hydrogen) atoms. The first kappa shape index (κ1) is 13.9. The van der Waals surface area contributed by atoms with Gasteiger partial charge in [0.2, 0.25) is 0 Å². The summed E-state index contributed by atoms with van der Waals surface area (Å²) in [5.74, 6) is -0.399. The molecule has 2 atom stereocenters. The summed E-state index contributed by atoms with van der Waals surface area (Å²) in [5.41, 5.74) is 1.16. The van der Waals surface area contributed by atoms with E-state index in [4.69, 9.17) is 15.1 Å². The van der Waals surface area contributed by atoms with E-state index in [1.54, 1.807) is 6.07 Å². The van der Waals surface area contributed by atoms with Crippen LogP contribution in [0.25, 0.3) is 0 Å². The third-order valence-corrected chi connectivity index (χ3v) is 3.40. The third kappa shape index (κ3) is 3.29. The predicted octanol–water partition coefficient (Wildman–Crippen LogP) is 1.28. The van der Waals surface area contributed by atoms with Gasteiger partial charge in [-0.3, -0.25) is 4.90 Å². The smallest absolute Gasteiger partial charge is 0.124 e. The molecule has 4 nitrogen and oxygen atoms in total. The number of halogens is 1. The number of morpholine rings is 1. The summed E-state index contributed by atoms with van der Waals surface area (Å²) in [5, 5.41) is 18.2. The van der Waals surface area contributed by atoms with Gasteiger partial charge in [-0.15, -0.1) is 0 Å². The molecular weight excluding hydrogens is 247 g/mol. The standard InChI is InChI=1S/C14H17FN2O2/c1-10-9-19-14(8-18)7-17(10)6-11-2-3-13(15)4-12(11)5-16/h2-4,10,14,18H,6-9H2,1H3. The molecule has 1 heterocycles. The molecule has 1 aromatic rings. The Labute approximate surface area is 112 Å². The molecule has 1 saturated heterocycles. The van der Waals surface area contributed by atoms with E-state index < -0.39 is 5.82 Å². The minimum Gasteiger partial charge on any atom is -0.394 e. The minimum absolute atomic E-state index is 0.0161. The number of aliphatic hydroxyl groups excluding tert-OH is 1. The molecule has 0 saturated carbocycles. The summed E-state index contributed by atoms with van der Waals surface area (Å²) in [4.78, 5) is 2.14. The van der Waals surface area contributed by atoms with Crippen LogP contribution in [0.5, 0.6) is 0 Å². The Morgan fingerprint density at radius 1 is 1.58 bits per heavy atom. The molecular formula is C14H17FN2O2. The minimum atomic E-state index is -0.399. The molecule has 1 N–H and O–H groups in total. The lowest BCUT2D eigenvalue weighted by Crippen LogP contribution is -2.48. The van der Waals surface area contributed by atoms with Crippen LogP contribution in [0.1, 0.15) is 18.1 Å². The highest BCUT2D eigenvalue weighted by Gasteiger charge is 2.26. The number of nitriles is 1. The molecule has 0 amide bonds. The molecule has 0 aliphatic carbocycles. The molecule has 5 heteroatoms. The summed E-state index contributed by atoms with van der Waals surface area (Å²) < 4.78 is 18.6. The van der Waals surface area contributed by atoms with Crippen molar-refractivity contribution in [1.82, 2.24) is 4.90 Å². The number of rotatable bonds is 3. The van der Waals surface area contributed by atoms with Crippen LogP contribution in [0.2, 0.25) is 0 Å². The van der Waals surface area contributed by atoms with E-state index in [2.05, 4.69) is 4.90 Å². The molecule has 0 radical (unpaired) electrons. The lowest BCUT2D eigenvalue weighted by Gasteiger charge is -2.37. The molecule has 1 aliphatic rings. The highest BCUT2D eigenvalue weighted by molar-refractivity contribution is 5.37. The van der Waals surface area contributed by atoms with Crippen molar-refractivity contribution in [2.45, 2.75) is 25.6 Å². The maximum Gasteiger partial charge on any atom is 0.124 e. The summed E-state index contributed by atoms with van der Waals surface area (Å²) in [6.07, 6.45) is -0.192. The Kier molecular flexibility index (Phi) is 4.48. The van der Waals surface area contributed by atoms with Crippen molar-refractivity contribution < 1.29 is 14.2 Å². The van der Waals surface area contributed by atoms with E-state index in [1.807, 2.05) is 13.0 Å². The maximum absolute atomic E-state index is 13.1. The van der Waals surface area contributed by atoms with Gasteiger partial charge in [0.1, 0.15) is 5.82 Å². The number of hydrogen-bond donors (Lipinski definition) is 1. The van der Waals surface area contributed by atoms with Gasteiger partial charge >= 0.3 is 0 Å². The van der Waals surface area contributed by atoms with Crippen LogP contribution < -0.4 is 0 Å². The average molecular weight is 264 g/mol. The first-order valence-electron chi connectivity index (χ1n) is 6.29. The largest absolute Gasteiger partial charge is 0.394 e. The lowest BCUT2D eigenvalue weighted by atomic mass is 10.1. The molecule has 0 bridgehead atoms. The Hall–Kier alpha value is -1.48. The van der Waals surface area contributed by atoms with Crippen LogP contribution in [-0.2, 0) is 11.3 Å². The average Bonchev–Trinajstić information content (AvgIpc) is 2.43. The van der Waals surface area contributed by atoms with Crippen molar-refractivity contribution in [2.75, 3.05) is 19.8 Å². The molecule has 1 fully saturated rings. The molecule has 1 aromatic carbocycles. The van der Waals surface area contributed by atoms with Crippen LogP contribution >= 0.6 is 0 Å². The van der Waals surface area contributed by atoms with Gasteiger partial charge in [0.15, 0.2) is 0 Å². The van der Waals surface area contributed by atoms with Gasteiger partial charge in [0, 0.05) is 19.1 Å². The maximum atomic E-state index is 13.1. The number of benzene rings is 1. The van der Waals surface area contributed by atoms with Crippen LogP contribution in [0.3, 0.4) is 0 Å². The van der Waals surface area contributed by atoms with Crippen LogP contribution in [0.15, 0.2) is 18.2 Å². The Morgan fingerprint density at radius 2 is 2.37 bits per heavy atom. The molecule has 1 aliphatic heterocycles. The van der Waals surface area contributed by atoms with Gasteiger partial charge in [0.25, 0.3) is 0 Å². The van der Waals surface area contributed by atoms with Gasteiger partial charge in [-0.1, -0.05) is 6.07 Å². The first-order valence-corrected chi connectivity index (χ1v) is 6.29. The Bertz CT molecular complexity index is 487. The van der Waals surface area contributed by atoms with E-state index in [9.17, 15) is 4.39 Å². The topological polar surface area (TPSA) is 56.5 Å². The van der Waals surface area contributed by atoms with Crippen LogP contribution in [0.4, 0.5) is 4.39 Å². The number of hydrogen-bond acceptors (Lipinski definition) is 4. The second-order valence-corrected chi connectivity index (χ2v) is 4.83. The van der Waals surface area contributed by atoms with Crippen molar-refractivity contribution in [1.29, 1.82) is 5.26 Å². The number of nitrogens with zero attached hydrogens (tertiary/aromatic N) is 2. The highest BCUT2D eigenvalue weighted by Crippen LogP contribution is 2.18. The molecule has 102 valence electrons. The van der Waals surface area contributed by atoms with Crippen molar-refractivity contribution in [3.63, 3.8) is 0 Å². The fraction of sp³-hybridized carbons (Fsp3) is 0.500. The quantitative estimate of drug-likeness (QED) is 0.893. The van der Waals surface area contributed by atoms with Gasteiger partial charge in [-0.25, -0.2) is 4.39 Å². The van der Waals surface area contributed by atoms with Gasteiger partial charge in [-0.2, -0.15) is 5.26 Å². The zero-order valence-electron chi connectivity index (χ0n) is 10.8. The van der Waals surface area contributed by atoms with E-state index in [0.29, 0.717) is 25.3 Å². The molecule has 2 unspecified atom stereocenters. The van der Waals surface area contributed by atoms with Crippen molar-refractivity contribution in [3.05, 3.63) is 35.1 Å². The molecule has 0 aromatic heterocycles. The monoisotopic (exact) mass is 264 g/mol. The molecule has 2 rings (SSSR count). The summed E-state index contributed by atoms with van der Waals surface area (Å²) in [6, 6.07) is 6.49. The zero-order valence-corrected chi connectivity index (χ0v) is 10.8. The second-order valence-electron chi connectivity index (χ2n) is 4.83. The Morgan fingerprint density at radius 3 is 3.05 bits per heavy atom. The van der Waals surface area contributed by atoms with E-state index in [-0.39, 0.29) is 18.8 Å². The van der Waals surface area contributed by atoms with Crippen LogP contribution in [0, 0.1) is 17.1 Å². The normalized spacial score (nSPS) is 24.1. The zero-order chi connectivity index (χ0) is 13.8. The second kappa shape index (κ2) is 6.11. The fourth-order valence-electron chi connectivity index (χ4n) is 2.22. The SMILES string of the molecule is CC1COC(CO)CN1Cc1ccc(F)cc1C#N.